The molecule has 160 valence electrons. The van der Waals surface area contributed by atoms with Gasteiger partial charge in [0.1, 0.15) is 0 Å². The number of rotatable bonds is 6. The van der Waals surface area contributed by atoms with E-state index >= 15 is 0 Å². The molecule has 1 aliphatic rings. The average molecular weight is 434 g/mol. The van der Waals surface area contributed by atoms with Gasteiger partial charge in [-0.15, -0.1) is 0 Å². The molecule has 3 amide bonds. The minimum atomic E-state index is -4.65. The number of amides is 3. The molecule has 10 heteroatoms. The fraction of sp³-hybridized carbons (Fsp3) is 0.526. The van der Waals surface area contributed by atoms with Crippen molar-refractivity contribution < 1.29 is 27.6 Å². The van der Waals surface area contributed by atoms with Crippen molar-refractivity contribution in [2.45, 2.75) is 38.3 Å². The fourth-order valence-corrected chi connectivity index (χ4v) is 3.36. The average Bonchev–Trinajstić information content (AvgIpc) is 2.67. The van der Waals surface area contributed by atoms with Crippen LogP contribution in [-0.4, -0.2) is 42.8 Å². The smallest absolute Gasteiger partial charge is 0.347 e. The Morgan fingerprint density at radius 2 is 1.83 bits per heavy atom. The van der Waals surface area contributed by atoms with E-state index in [1.807, 2.05) is 0 Å². The van der Waals surface area contributed by atoms with Gasteiger partial charge in [0.05, 0.1) is 23.7 Å². The SMILES string of the molecule is CN(CC(=O)Nc1ccc(Cl)c(C(F)(F)F)c1)C(=O)CNC(=O)C1CCCCC1. The van der Waals surface area contributed by atoms with E-state index in [4.69, 9.17) is 11.6 Å². The predicted octanol–water partition coefficient (Wildman–Crippen LogP) is 3.45. The molecule has 1 aliphatic carbocycles. The van der Waals surface area contributed by atoms with Crippen LogP contribution in [0.4, 0.5) is 18.9 Å². The maximum absolute atomic E-state index is 12.9. The summed E-state index contributed by atoms with van der Waals surface area (Å²) >= 11 is 5.54. The highest BCUT2D eigenvalue weighted by atomic mass is 35.5. The Balaban J connectivity index is 1.83. The van der Waals surface area contributed by atoms with Gasteiger partial charge < -0.3 is 15.5 Å². The molecule has 2 N–H and O–H groups in total. The van der Waals surface area contributed by atoms with Crippen LogP contribution in [0.1, 0.15) is 37.7 Å². The first kappa shape index (κ1) is 23.0. The lowest BCUT2D eigenvalue weighted by Gasteiger charge is -2.22. The summed E-state index contributed by atoms with van der Waals surface area (Å²) in [5.74, 6) is -1.40. The van der Waals surface area contributed by atoms with Gasteiger partial charge in [-0.2, -0.15) is 13.2 Å². The number of nitrogens with one attached hydrogen (secondary N) is 2. The molecule has 0 spiro atoms. The summed E-state index contributed by atoms with van der Waals surface area (Å²) in [7, 11) is 1.37. The van der Waals surface area contributed by atoms with E-state index in [1.54, 1.807) is 0 Å². The lowest BCUT2D eigenvalue weighted by Crippen LogP contribution is -2.43. The minimum absolute atomic E-state index is 0.0850. The second-order valence-electron chi connectivity index (χ2n) is 7.04. The summed E-state index contributed by atoms with van der Waals surface area (Å²) in [6.45, 7) is -0.611. The summed E-state index contributed by atoms with van der Waals surface area (Å²) in [6, 6.07) is 3.00. The molecule has 1 aromatic rings. The molecule has 1 saturated carbocycles. The van der Waals surface area contributed by atoms with Crippen molar-refractivity contribution in [3.8, 4) is 0 Å². The molecule has 0 heterocycles. The van der Waals surface area contributed by atoms with Crippen LogP contribution in [0.15, 0.2) is 18.2 Å². The van der Waals surface area contributed by atoms with Crippen LogP contribution in [0.2, 0.25) is 5.02 Å². The van der Waals surface area contributed by atoms with Gasteiger partial charge >= 0.3 is 6.18 Å². The summed E-state index contributed by atoms with van der Waals surface area (Å²) < 4.78 is 38.6. The highest BCUT2D eigenvalue weighted by Crippen LogP contribution is 2.36. The number of hydrogen-bond acceptors (Lipinski definition) is 3. The van der Waals surface area contributed by atoms with Gasteiger partial charge in [-0.25, -0.2) is 0 Å². The number of hydrogen-bond donors (Lipinski definition) is 2. The lowest BCUT2D eigenvalue weighted by molar-refractivity contribution is -0.137. The number of anilines is 1. The van der Waals surface area contributed by atoms with Gasteiger partial charge in [0.2, 0.25) is 17.7 Å². The van der Waals surface area contributed by atoms with Crippen LogP contribution in [0.3, 0.4) is 0 Å². The Hall–Kier alpha value is -2.29. The van der Waals surface area contributed by atoms with Gasteiger partial charge in [0.25, 0.3) is 0 Å². The van der Waals surface area contributed by atoms with Crippen molar-refractivity contribution in [2.24, 2.45) is 5.92 Å². The maximum atomic E-state index is 12.9. The molecular weight excluding hydrogens is 411 g/mol. The van der Waals surface area contributed by atoms with E-state index in [9.17, 15) is 27.6 Å². The molecule has 29 heavy (non-hydrogen) atoms. The Morgan fingerprint density at radius 1 is 1.17 bits per heavy atom. The highest BCUT2D eigenvalue weighted by Gasteiger charge is 2.33. The normalized spacial score (nSPS) is 14.9. The summed E-state index contributed by atoms with van der Waals surface area (Å²) in [4.78, 5) is 37.3. The largest absolute Gasteiger partial charge is 0.417 e. The third-order valence-corrected chi connectivity index (χ3v) is 5.08. The Labute approximate surface area is 171 Å². The van der Waals surface area contributed by atoms with E-state index in [2.05, 4.69) is 10.6 Å². The second-order valence-corrected chi connectivity index (χ2v) is 7.45. The standard InChI is InChI=1S/C19H23ClF3N3O3/c1-26(17(28)10-24-18(29)12-5-3-2-4-6-12)11-16(27)25-13-7-8-15(20)14(9-13)19(21,22)23/h7-9,12H,2-6,10-11H2,1H3,(H,24,29)(H,25,27). The highest BCUT2D eigenvalue weighted by molar-refractivity contribution is 6.31. The number of halogens is 4. The first-order valence-electron chi connectivity index (χ1n) is 9.26. The topological polar surface area (TPSA) is 78.5 Å². The van der Waals surface area contributed by atoms with E-state index in [0.29, 0.717) is 0 Å². The summed E-state index contributed by atoms with van der Waals surface area (Å²) in [6.07, 6.45) is 0.0536. The van der Waals surface area contributed by atoms with Crippen molar-refractivity contribution in [1.29, 1.82) is 0 Å². The van der Waals surface area contributed by atoms with Crippen molar-refractivity contribution in [1.82, 2.24) is 10.2 Å². The number of carbonyl (C=O) groups is 3. The Kier molecular flexibility index (Phi) is 7.89. The Bertz CT molecular complexity index is 765. The number of benzene rings is 1. The van der Waals surface area contributed by atoms with E-state index in [1.165, 1.54) is 13.1 Å². The molecular formula is C19H23ClF3N3O3. The molecule has 6 nitrogen and oxygen atoms in total. The van der Waals surface area contributed by atoms with Crippen LogP contribution in [0.5, 0.6) is 0 Å². The molecule has 0 unspecified atom stereocenters. The fourth-order valence-electron chi connectivity index (χ4n) is 3.13. The third-order valence-electron chi connectivity index (χ3n) is 4.75. The predicted molar refractivity (Wildman–Crippen MR) is 102 cm³/mol. The van der Waals surface area contributed by atoms with Gasteiger partial charge in [0, 0.05) is 18.7 Å². The number of likely N-dealkylation sites (N-methyl/N-ethyl adjacent to an activating group) is 1. The van der Waals surface area contributed by atoms with Crippen LogP contribution in [0, 0.1) is 5.92 Å². The zero-order valence-electron chi connectivity index (χ0n) is 15.9. The molecule has 1 fully saturated rings. The molecule has 0 radical (unpaired) electrons. The second kappa shape index (κ2) is 9.96. The van der Waals surface area contributed by atoms with E-state index in [0.717, 1.165) is 49.1 Å². The molecule has 0 aliphatic heterocycles. The van der Waals surface area contributed by atoms with Crippen molar-refractivity contribution >= 4 is 35.0 Å². The van der Waals surface area contributed by atoms with Crippen molar-refractivity contribution in [2.75, 3.05) is 25.5 Å². The number of nitrogens with zero attached hydrogens (tertiary/aromatic N) is 1. The molecule has 0 saturated heterocycles. The minimum Gasteiger partial charge on any atom is -0.347 e. The zero-order chi connectivity index (χ0) is 21.6. The summed E-state index contributed by atoms with van der Waals surface area (Å²) in [5, 5.41) is 4.41. The zero-order valence-corrected chi connectivity index (χ0v) is 16.7. The van der Waals surface area contributed by atoms with Gasteiger partial charge in [0.15, 0.2) is 0 Å². The van der Waals surface area contributed by atoms with E-state index in [-0.39, 0.29) is 30.6 Å². The number of carbonyl (C=O) groups excluding carboxylic acids is 3. The van der Waals surface area contributed by atoms with Crippen LogP contribution < -0.4 is 10.6 Å². The number of alkyl halides is 3. The van der Waals surface area contributed by atoms with E-state index < -0.39 is 28.6 Å². The van der Waals surface area contributed by atoms with Crippen LogP contribution >= 0.6 is 11.6 Å². The lowest BCUT2D eigenvalue weighted by atomic mass is 9.89. The molecule has 1 aromatic carbocycles. The molecule has 2 rings (SSSR count). The third kappa shape index (κ3) is 6.92. The van der Waals surface area contributed by atoms with Gasteiger partial charge in [-0.3, -0.25) is 14.4 Å². The molecule has 0 aromatic heterocycles. The van der Waals surface area contributed by atoms with Crippen molar-refractivity contribution in [3.05, 3.63) is 28.8 Å². The van der Waals surface area contributed by atoms with Crippen LogP contribution in [0.25, 0.3) is 0 Å². The Morgan fingerprint density at radius 3 is 2.45 bits per heavy atom. The first-order valence-corrected chi connectivity index (χ1v) is 9.64. The van der Waals surface area contributed by atoms with Gasteiger partial charge in [-0.1, -0.05) is 30.9 Å². The van der Waals surface area contributed by atoms with Crippen LogP contribution in [-0.2, 0) is 20.6 Å². The first-order chi connectivity index (χ1) is 13.6. The summed E-state index contributed by atoms with van der Waals surface area (Å²) in [5.41, 5.74) is -1.15. The monoisotopic (exact) mass is 433 g/mol. The molecule has 0 bridgehead atoms. The quantitative estimate of drug-likeness (QED) is 0.721. The van der Waals surface area contributed by atoms with Gasteiger partial charge in [-0.05, 0) is 31.0 Å². The van der Waals surface area contributed by atoms with Crippen molar-refractivity contribution in [3.63, 3.8) is 0 Å². The molecule has 0 atom stereocenters. The maximum Gasteiger partial charge on any atom is 0.417 e.